The first-order chi connectivity index (χ1) is 14.0. The Morgan fingerprint density at radius 2 is 1.93 bits per heavy atom. The number of nitrogens with zero attached hydrogens (tertiary/aromatic N) is 4. The summed E-state index contributed by atoms with van der Waals surface area (Å²) in [5, 5.41) is 10.8. The molecule has 2 heterocycles. The van der Waals surface area contributed by atoms with Crippen molar-refractivity contribution in [3.05, 3.63) is 42.0 Å². The molecule has 9 heteroatoms. The van der Waals surface area contributed by atoms with Crippen LogP contribution in [-0.2, 0) is 16.6 Å². The first-order valence-electron chi connectivity index (χ1n) is 9.66. The fourth-order valence-electron chi connectivity index (χ4n) is 3.34. The Bertz CT molecular complexity index is 828. The molecule has 0 spiro atoms. The van der Waals surface area contributed by atoms with Gasteiger partial charge >= 0.3 is 0 Å². The minimum Gasteiger partial charge on any atom is -0.490 e. The molecule has 0 radical (unpaired) electrons. The number of rotatable bonds is 7. The van der Waals surface area contributed by atoms with Crippen LogP contribution in [0.15, 0.2) is 30.6 Å². The molecule has 2 amide bonds. The van der Waals surface area contributed by atoms with Gasteiger partial charge in [-0.15, -0.1) is 10.2 Å². The lowest BCUT2D eigenvalue weighted by Gasteiger charge is -2.32. The number of carbonyl (C=O) groups is 2. The quantitative estimate of drug-likeness (QED) is 0.751. The standard InChI is InChI=1S/C20H27N5O4/c1-14(19-23-21-13-24(19)2)22-20(27)15-4-6-16(7-5-15)29-17-8-10-25(11-9-17)18(26)12-28-3/h4-7,13-14,17H,8-12H2,1-3H3,(H,22,27)/t14-/m1/s1. The number of hydrogen-bond acceptors (Lipinski definition) is 6. The number of carbonyl (C=O) groups excluding carboxylic acids is 2. The minimum atomic E-state index is -0.253. The predicted molar refractivity (Wildman–Crippen MR) is 105 cm³/mol. The molecule has 1 aromatic heterocycles. The van der Waals surface area contributed by atoms with Gasteiger partial charge in [-0.2, -0.15) is 0 Å². The molecule has 1 fully saturated rings. The fraction of sp³-hybridized carbons (Fsp3) is 0.500. The summed E-state index contributed by atoms with van der Waals surface area (Å²) in [7, 11) is 3.36. The van der Waals surface area contributed by atoms with Gasteiger partial charge in [-0.25, -0.2) is 0 Å². The van der Waals surface area contributed by atoms with Crippen molar-refractivity contribution in [1.29, 1.82) is 0 Å². The second-order valence-electron chi connectivity index (χ2n) is 7.15. The number of aromatic nitrogens is 3. The molecular formula is C20H27N5O4. The van der Waals surface area contributed by atoms with E-state index in [1.807, 2.05) is 14.0 Å². The number of likely N-dealkylation sites (tertiary alicyclic amines) is 1. The molecule has 3 rings (SSSR count). The molecule has 156 valence electrons. The molecule has 0 bridgehead atoms. The highest BCUT2D eigenvalue weighted by Gasteiger charge is 2.24. The second kappa shape index (κ2) is 9.51. The Balaban J connectivity index is 1.49. The Morgan fingerprint density at radius 3 is 2.52 bits per heavy atom. The highest BCUT2D eigenvalue weighted by molar-refractivity contribution is 5.94. The first-order valence-corrected chi connectivity index (χ1v) is 9.66. The van der Waals surface area contributed by atoms with E-state index in [2.05, 4.69) is 15.5 Å². The van der Waals surface area contributed by atoms with Crippen LogP contribution in [-0.4, -0.2) is 64.4 Å². The van der Waals surface area contributed by atoms with Crippen molar-refractivity contribution in [3.8, 4) is 5.75 Å². The van der Waals surface area contributed by atoms with Crippen LogP contribution in [0.25, 0.3) is 0 Å². The minimum absolute atomic E-state index is 0.0110. The zero-order valence-corrected chi connectivity index (χ0v) is 17.0. The first kappa shape index (κ1) is 20.8. The summed E-state index contributed by atoms with van der Waals surface area (Å²) in [6, 6.07) is 6.82. The van der Waals surface area contributed by atoms with Crippen LogP contribution in [0.2, 0.25) is 0 Å². The molecule has 29 heavy (non-hydrogen) atoms. The number of hydrogen-bond donors (Lipinski definition) is 1. The molecule has 1 aliphatic heterocycles. The van der Waals surface area contributed by atoms with Gasteiger partial charge in [0.25, 0.3) is 5.91 Å². The van der Waals surface area contributed by atoms with Crippen molar-refractivity contribution in [2.75, 3.05) is 26.8 Å². The summed E-state index contributed by atoms with van der Waals surface area (Å²) in [5.41, 5.74) is 0.548. The van der Waals surface area contributed by atoms with Gasteiger partial charge in [-0.1, -0.05) is 0 Å². The van der Waals surface area contributed by atoms with E-state index in [1.165, 1.54) is 7.11 Å². The van der Waals surface area contributed by atoms with Crippen LogP contribution in [0.5, 0.6) is 5.75 Å². The van der Waals surface area contributed by atoms with Crippen molar-refractivity contribution in [2.45, 2.75) is 31.9 Å². The Kier molecular flexibility index (Phi) is 6.82. The maximum atomic E-state index is 12.5. The molecule has 9 nitrogen and oxygen atoms in total. The number of ether oxygens (including phenoxy) is 2. The normalized spacial score (nSPS) is 15.8. The van der Waals surface area contributed by atoms with Crippen LogP contribution < -0.4 is 10.1 Å². The third-order valence-electron chi connectivity index (χ3n) is 4.96. The van der Waals surface area contributed by atoms with Gasteiger partial charge in [0.15, 0.2) is 5.82 Å². The molecule has 1 aromatic carbocycles. The van der Waals surface area contributed by atoms with Gasteiger partial charge in [0.1, 0.15) is 24.8 Å². The van der Waals surface area contributed by atoms with E-state index >= 15 is 0 Å². The number of piperidine rings is 1. The molecule has 0 unspecified atom stereocenters. The van der Waals surface area contributed by atoms with Crippen LogP contribution >= 0.6 is 0 Å². The van der Waals surface area contributed by atoms with Gasteiger partial charge in [-0.05, 0) is 31.2 Å². The van der Waals surface area contributed by atoms with Crippen LogP contribution in [0.1, 0.15) is 42.0 Å². The Labute approximate surface area is 170 Å². The van der Waals surface area contributed by atoms with E-state index in [9.17, 15) is 9.59 Å². The van der Waals surface area contributed by atoms with Crippen LogP contribution in [0.3, 0.4) is 0 Å². The molecule has 2 aromatic rings. The fourth-order valence-corrected chi connectivity index (χ4v) is 3.34. The summed E-state index contributed by atoms with van der Waals surface area (Å²) in [6.07, 6.45) is 3.19. The van der Waals surface area contributed by atoms with Gasteiger partial charge in [0.2, 0.25) is 5.91 Å². The van der Waals surface area contributed by atoms with Gasteiger partial charge in [-0.3, -0.25) is 9.59 Å². The number of aryl methyl sites for hydroxylation is 1. The van der Waals surface area contributed by atoms with Gasteiger partial charge in [0, 0.05) is 45.7 Å². The van der Waals surface area contributed by atoms with Crippen LogP contribution in [0.4, 0.5) is 0 Å². The predicted octanol–water partition coefficient (Wildman–Crippen LogP) is 1.32. The SMILES string of the molecule is COCC(=O)N1CCC(Oc2ccc(C(=O)N[C@H](C)c3nncn3C)cc2)CC1. The highest BCUT2D eigenvalue weighted by Crippen LogP contribution is 2.20. The lowest BCUT2D eigenvalue weighted by Crippen LogP contribution is -2.43. The number of benzene rings is 1. The second-order valence-corrected chi connectivity index (χ2v) is 7.15. The van der Waals surface area contributed by atoms with Crippen LogP contribution in [0, 0.1) is 0 Å². The van der Waals surface area contributed by atoms with E-state index < -0.39 is 0 Å². The number of nitrogens with one attached hydrogen (secondary N) is 1. The average molecular weight is 401 g/mol. The maximum absolute atomic E-state index is 12.5. The summed E-state index contributed by atoms with van der Waals surface area (Å²) in [4.78, 5) is 26.1. The smallest absolute Gasteiger partial charge is 0.251 e. The zero-order chi connectivity index (χ0) is 20.8. The molecule has 1 N–H and O–H groups in total. The summed E-state index contributed by atoms with van der Waals surface area (Å²) in [6.45, 7) is 3.30. The molecular weight excluding hydrogens is 374 g/mol. The summed E-state index contributed by atoms with van der Waals surface area (Å²) >= 11 is 0. The largest absolute Gasteiger partial charge is 0.490 e. The van der Waals surface area contributed by atoms with Crippen molar-refractivity contribution in [1.82, 2.24) is 25.0 Å². The molecule has 1 atom stereocenters. The van der Waals surface area contributed by atoms with Crippen molar-refractivity contribution in [3.63, 3.8) is 0 Å². The van der Waals surface area contributed by atoms with Gasteiger partial charge < -0.3 is 24.3 Å². The average Bonchev–Trinajstić information content (AvgIpc) is 3.15. The highest BCUT2D eigenvalue weighted by atomic mass is 16.5. The van der Waals surface area contributed by atoms with Crippen molar-refractivity contribution < 1.29 is 19.1 Å². The lowest BCUT2D eigenvalue weighted by molar-refractivity contribution is -0.136. The number of amides is 2. The number of methoxy groups -OCH3 is 1. The third-order valence-corrected chi connectivity index (χ3v) is 4.96. The monoisotopic (exact) mass is 401 g/mol. The molecule has 1 aliphatic rings. The van der Waals surface area contributed by atoms with E-state index in [0.29, 0.717) is 30.2 Å². The lowest BCUT2D eigenvalue weighted by atomic mass is 10.1. The van der Waals surface area contributed by atoms with Crippen molar-refractivity contribution in [2.24, 2.45) is 7.05 Å². The maximum Gasteiger partial charge on any atom is 0.251 e. The van der Waals surface area contributed by atoms with Crippen molar-refractivity contribution >= 4 is 11.8 Å². The van der Waals surface area contributed by atoms with Gasteiger partial charge in [0.05, 0.1) is 6.04 Å². The molecule has 1 saturated heterocycles. The third kappa shape index (κ3) is 5.32. The van der Waals surface area contributed by atoms with E-state index in [-0.39, 0.29) is 30.6 Å². The van der Waals surface area contributed by atoms with E-state index in [0.717, 1.165) is 12.8 Å². The Morgan fingerprint density at radius 1 is 1.24 bits per heavy atom. The topological polar surface area (TPSA) is 98.6 Å². The molecule has 0 saturated carbocycles. The summed E-state index contributed by atoms with van der Waals surface area (Å²) < 4.78 is 12.7. The zero-order valence-electron chi connectivity index (χ0n) is 17.0. The van der Waals surface area contributed by atoms with E-state index in [1.54, 1.807) is 40.1 Å². The van der Waals surface area contributed by atoms with E-state index in [4.69, 9.17) is 9.47 Å². The molecule has 0 aliphatic carbocycles. The summed E-state index contributed by atoms with van der Waals surface area (Å²) in [5.74, 6) is 1.23. The Hall–Kier alpha value is -2.94.